The number of fused-ring (bicyclic) bond motifs is 1. The Morgan fingerprint density at radius 1 is 1.36 bits per heavy atom. The van der Waals surface area contributed by atoms with Gasteiger partial charge in [-0.1, -0.05) is 43.1 Å². The van der Waals surface area contributed by atoms with Gasteiger partial charge in [0.05, 0.1) is 5.92 Å². The van der Waals surface area contributed by atoms with E-state index in [0.29, 0.717) is 12.3 Å². The number of carbonyl (C=O) groups excluding carboxylic acids is 1. The van der Waals surface area contributed by atoms with Crippen LogP contribution in [0.5, 0.6) is 11.5 Å². The molecule has 118 valence electrons. The summed E-state index contributed by atoms with van der Waals surface area (Å²) in [6.45, 7) is 4.77. The minimum atomic E-state index is -0.117. The number of hydrogen-bond acceptors (Lipinski definition) is 3. The standard InChI is InChI=1S/C16H17Cl2NO3/c1-16(2)10(6-13(17)18)14(16)15(20)19-7-9-3-4-11-12(5-9)22-8-21-11/h3-6,10,14H,7-8H2,1-2H3,(H,19,20). The summed E-state index contributed by atoms with van der Waals surface area (Å²) in [5, 5.41) is 2.96. The van der Waals surface area contributed by atoms with Crippen molar-refractivity contribution in [2.45, 2.75) is 20.4 Å². The number of amides is 1. The number of rotatable bonds is 4. The molecule has 0 aromatic heterocycles. The molecule has 0 saturated heterocycles. The van der Waals surface area contributed by atoms with Gasteiger partial charge in [-0.3, -0.25) is 4.79 Å². The summed E-state index contributed by atoms with van der Waals surface area (Å²) in [5.41, 5.74) is 0.854. The number of benzene rings is 1. The van der Waals surface area contributed by atoms with E-state index in [1.807, 2.05) is 32.0 Å². The van der Waals surface area contributed by atoms with Crippen molar-refractivity contribution < 1.29 is 14.3 Å². The number of allylic oxidation sites excluding steroid dienone is 1. The second kappa shape index (κ2) is 5.67. The highest BCUT2D eigenvalue weighted by Crippen LogP contribution is 2.59. The highest BCUT2D eigenvalue weighted by Gasteiger charge is 2.60. The van der Waals surface area contributed by atoms with Crippen LogP contribution in [0.1, 0.15) is 19.4 Å². The number of halogens is 2. The molecule has 3 rings (SSSR count). The molecule has 1 N–H and O–H groups in total. The highest BCUT2D eigenvalue weighted by molar-refractivity contribution is 6.55. The van der Waals surface area contributed by atoms with E-state index < -0.39 is 0 Å². The van der Waals surface area contributed by atoms with Crippen LogP contribution < -0.4 is 14.8 Å². The van der Waals surface area contributed by atoms with Crippen LogP contribution in [0.3, 0.4) is 0 Å². The third kappa shape index (κ3) is 2.90. The Bertz CT molecular complexity index is 638. The van der Waals surface area contributed by atoms with Crippen molar-refractivity contribution in [3.8, 4) is 11.5 Å². The molecule has 1 aliphatic carbocycles. The van der Waals surface area contributed by atoms with Crippen LogP contribution in [-0.2, 0) is 11.3 Å². The van der Waals surface area contributed by atoms with E-state index in [1.165, 1.54) is 0 Å². The van der Waals surface area contributed by atoms with Crippen molar-refractivity contribution in [2.75, 3.05) is 6.79 Å². The third-order valence-corrected chi connectivity index (χ3v) is 4.65. The summed E-state index contributed by atoms with van der Waals surface area (Å²) in [5.74, 6) is 1.44. The Balaban J connectivity index is 1.60. The SMILES string of the molecule is CC1(C)C(C=C(Cl)Cl)C1C(=O)NCc1ccc2c(c1)OCO2. The average Bonchev–Trinajstić information content (AvgIpc) is 2.83. The van der Waals surface area contributed by atoms with Crippen LogP contribution in [0.4, 0.5) is 0 Å². The molecule has 1 saturated carbocycles. The topological polar surface area (TPSA) is 47.6 Å². The number of nitrogens with one attached hydrogen (secondary N) is 1. The van der Waals surface area contributed by atoms with Gasteiger partial charge in [-0.15, -0.1) is 0 Å². The zero-order valence-electron chi connectivity index (χ0n) is 12.4. The van der Waals surface area contributed by atoms with Gasteiger partial charge in [0.1, 0.15) is 4.49 Å². The van der Waals surface area contributed by atoms with Gasteiger partial charge in [-0.05, 0) is 35.1 Å². The molecule has 1 fully saturated rings. The second-order valence-electron chi connectivity index (χ2n) is 6.19. The summed E-state index contributed by atoms with van der Waals surface area (Å²) in [6, 6.07) is 5.65. The fourth-order valence-corrected chi connectivity index (χ4v) is 3.25. The fraction of sp³-hybridized carbons (Fsp3) is 0.438. The van der Waals surface area contributed by atoms with Gasteiger partial charge in [-0.25, -0.2) is 0 Å². The van der Waals surface area contributed by atoms with E-state index >= 15 is 0 Å². The molecule has 2 atom stereocenters. The van der Waals surface area contributed by atoms with Crippen LogP contribution in [-0.4, -0.2) is 12.7 Å². The minimum Gasteiger partial charge on any atom is -0.454 e. The molecule has 1 heterocycles. The van der Waals surface area contributed by atoms with Gasteiger partial charge >= 0.3 is 0 Å². The molecule has 4 nitrogen and oxygen atoms in total. The third-order valence-electron chi connectivity index (χ3n) is 4.40. The lowest BCUT2D eigenvalue weighted by Crippen LogP contribution is -2.26. The molecular weight excluding hydrogens is 325 g/mol. The first-order valence-corrected chi connectivity index (χ1v) is 7.84. The van der Waals surface area contributed by atoms with Crippen molar-refractivity contribution in [3.63, 3.8) is 0 Å². The van der Waals surface area contributed by atoms with E-state index in [1.54, 1.807) is 6.08 Å². The molecule has 1 amide bonds. The first-order chi connectivity index (χ1) is 10.4. The lowest BCUT2D eigenvalue weighted by atomic mass is 10.1. The lowest BCUT2D eigenvalue weighted by molar-refractivity contribution is -0.123. The van der Waals surface area contributed by atoms with Gasteiger partial charge in [0.25, 0.3) is 0 Å². The van der Waals surface area contributed by atoms with E-state index in [9.17, 15) is 4.79 Å². The predicted molar refractivity (Wildman–Crippen MR) is 85.0 cm³/mol. The first-order valence-electron chi connectivity index (χ1n) is 7.08. The van der Waals surface area contributed by atoms with Crippen LogP contribution in [0.2, 0.25) is 0 Å². The quantitative estimate of drug-likeness (QED) is 0.909. The maximum atomic E-state index is 12.3. The molecule has 0 bridgehead atoms. The van der Waals surface area contributed by atoms with Crippen molar-refractivity contribution in [2.24, 2.45) is 17.3 Å². The molecule has 1 aromatic carbocycles. The Kier molecular flexibility index (Phi) is 4.00. The molecule has 0 spiro atoms. The van der Waals surface area contributed by atoms with Crippen LogP contribution in [0, 0.1) is 17.3 Å². The summed E-state index contributed by atoms with van der Waals surface area (Å²) in [7, 11) is 0. The van der Waals surface area contributed by atoms with E-state index in [0.717, 1.165) is 11.3 Å². The second-order valence-corrected chi connectivity index (χ2v) is 7.19. The van der Waals surface area contributed by atoms with E-state index in [2.05, 4.69) is 5.32 Å². The fourth-order valence-electron chi connectivity index (χ4n) is 2.98. The zero-order chi connectivity index (χ0) is 15.9. The summed E-state index contributed by atoms with van der Waals surface area (Å²) >= 11 is 11.4. The normalized spacial score (nSPS) is 23.8. The number of hydrogen-bond donors (Lipinski definition) is 1. The Morgan fingerprint density at radius 3 is 2.82 bits per heavy atom. The minimum absolute atomic E-state index is 0.0125. The van der Waals surface area contributed by atoms with Gasteiger partial charge in [0.15, 0.2) is 11.5 Å². The summed E-state index contributed by atoms with van der Waals surface area (Å²) in [4.78, 5) is 12.3. The van der Waals surface area contributed by atoms with E-state index in [-0.39, 0.29) is 34.4 Å². The maximum Gasteiger partial charge on any atom is 0.231 e. The Hall–Kier alpha value is -1.39. The number of ether oxygens (including phenoxy) is 2. The zero-order valence-corrected chi connectivity index (χ0v) is 13.9. The van der Waals surface area contributed by atoms with Gasteiger partial charge < -0.3 is 14.8 Å². The Morgan fingerprint density at radius 2 is 2.09 bits per heavy atom. The molecule has 22 heavy (non-hydrogen) atoms. The predicted octanol–water partition coefficient (Wildman–Crippen LogP) is 3.62. The summed E-state index contributed by atoms with van der Waals surface area (Å²) < 4.78 is 10.8. The monoisotopic (exact) mass is 341 g/mol. The van der Waals surface area contributed by atoms with Crippen LogP contribution in [0.15, 0.2) is 28.8 Å². The summed E-state index contributed by atoms with van der Waals surface area (Å²) in [6.07, 6.45) is 1.74. The van der Waals surface area contributed by atoms with Crippen LogP contribution >= 0.6 is 23.2 Å². The first kappa shape index (κ1) is 15.5. The van der Waals surface area contributed by atoms with Crippen molar-refractivity contribution in [1.82, 2.24) is 5.32 Å². The largest absolute Gasteiger partial charge is 0.454 e. The van der Waals surface area contributed by atoms with Crippen molar-refractivity contribution in [1.29, 1.82) is 0 Å². The lowest BCUT2D eigenvalue weighted by Gasteiger charge is -2.07. The molecular formula is C16H17Cl2NO3. The van der Waals surface area contributed by atoms with Crippen LogP contribution in [0.25, 0.3) is 0 Å². The van der Waals surface area contributed by atoms with E-state index in [4.69, 9.17) is 32.7 Å². The molecule has 1 aliphatic heterocycles. The average molecular weight is 342 g/mol. The molecule has 1 aromatic rings. The smallest absolute Gasteiger partial charge is 0.231 e. The van der Waals surface area contributed by atoms with Crippen molar-refractivity contribution >= 4 is 29.1 Å². The maximum absolute atomic E-state index is 12.3. The molecule has 0 radical (unpaired) electrons. The Labute approximate surface area is 139 Å². The van der Waals surface area contributed by atoms with Gasteiger partial charge in [0, 0.05) is 6.54 Å². The van der Waals surface area contributed by atoms with Gasteiger partial charge in [0.2, 0.25) is 12.7 Å². The highest BCUT2D eigenvalue weighted by atomic mass is 35.5. The van der Waals surface area contributed by atoms with Gasteiger partial charge in [-0.2, -0.15) is 0 Å². The molecule has 2 unspecified atom stereocenters. The van der Waals surface area contributed by atoms with Crippen molar-refractivity contribution in [3.05, 3.63) is 34.3 Å². The number of carbonyl (C=O) groups is 1. The molecule has 2 aliphatic rings. The molecule has 6 heteroatoms.